The van der Waals surface area contributed by atoms with Crippen molar-refractivity contribution in [1.29, 1.82) is 0 Å². The Hall–Kier alpha value is -2.38. The van der Waals surface area contributed by atoms with Gasteiger partial charge in [0.05, 0.1) is 25.4 Å². The lowest BCUT2D eigenvalue weighted by Crippen LogP contribution is -2.40. The van der Waals surface area contributed by atoms with Gasteiger partial charge in [-0.2, -0.15) is 0 Å². The monoisotopic (exact) mass is 404 g/mol. The second kappa shape index (κ2) is 11.0. The van der Waals surface area contributed by atoms with E-state index in [1.54, 1.807) is 14.2 Å². The Morgan fingerprint density at radius 3 is 2.00 bits per heavy atom. The van der Waals surface area contributed by atoms with Gasteiger partial charge in [-0.15, -0.1) is 0 Å². The summed E-state index contributed by atoms with van der Waals surface area (Å²) in [5.41, 5.74) is 1.52. The summed E-state index contributed by atoms with van der Waals surface area (Å²) >= 11 is 0. The number of carbonyl (C=O) groups excluding carboxylic acids is 2. The fourth-order valence-electron chi connectivity index (χ4n) is 3.23. The number of rotatable bonds is 12. The lowest BCUT2D eigenvalue weighted by atomic mass is 10.0. The number of imide groups is 1. The third-order valence-electron chi connectivity index (χ3n) is 4.67. The average Bonchev–Trinajstić information content (AvgIpc) is 2.97. The van der Waals surface area contributed by atoms with Crippen LogP contribution in [0.15, 0.2) is 30.0 Å². The second-order valence-electron chi connectivity index (χ2n) is 7.14. The van der Waals surface area contributed by atoms with Gasteiger partial charge >= 0.3 is 0 Å². The Kier molecular flexibility index (Phi) is 8.67. The molecule has 0 radical (unpaired) electrons. The van der Waals surface area contributed by atoms with Gasteiger partial charge in [0.15, 0.2) is 0 Å². The van der Waals surface area contributed by atoms with E-state index in [2.05, 4.69) is 0 Å². The van der Waals surface area contributed by atoms with Gasteiger partial charge in [0.2, 0.25) is 0 Å². The zero-order chi connectivity index (χ0) is 21.4. The maximum atomic E-state index is 13.2. The lowest BCUT2D eigenvalue weighted by Gasteiger charge is -2.26. The number of methoxy groups -OCH3 is 2. The fraction of sp³-hybridized carbons (Fsp3) is 0.545. The van der Waals surface area contributed by atoms with E-state index < -0.39 is 0 Å². The van der Waals surface area contributed by atoms with Gasteiger partial charge in [0.25, 0.3) is 11.8 Å². The SMILES string of the molecule is CCCOc1ccc(C2=C(N(CCOC)CCOC)C(=O)N(C(C)C)C2=O)cc1. The summed E-state index contributed by atoms with van der Waals surface area (Å²) in [6.45, 7) is 8.21. The minimum absolute atomic E-state index is 0.235. The van der Waals surface area contributed by atoms with Crippen LogP contribution in [0.4, 0.5) is 0 Å². The van der Waals surface area contributed by atoms with Crippen LogP contribution in [-0.2, 0) is 19.1 Å². The Morgan fingerprint density at radius 1 is 0.931 bits per heavy atom. The molecule has 29 heavy (non-hydrogen) atoms. The van der Waals surface area contributed by atoms with Crippen LogP contribution in [0, 0.1) is 0 Å². The van der Waals surface area contributed by atoms with Gasteiger partial charge in [-0.3, -0.25) is 14.5 Å². The molecular formula is C22H32N2O5. The molecule has 1 aromatic carbocycles. The van der Waals surface area contributed by atoms with E-state index in [0.29, 0.717) is 49.7 Å². The van der Waals surface area contributed by atoms with Crippen molar-refractivity contribution >= 4 is 17.4 Å². The van der Waals surface area contributed by atoms with E-state index in [-0.39, 0.29) is 17.9 Å². The predicted molar refractivity (Wildman–Crippen MR) is 111 cm³/mol. The lowest BCUT2D eigenvalue weighted by molar-refractivity contribution is -0.139. The maximum Gasteiger partial charge on any atom is 0.278 e. The second-order valence-corrected chi connectivity index (χ2v) is 7.14. The molecule has 0 saturated heterocycles. The van der Waals surface area contributed by atoms with Gasteiger partial charge in [-0.25, -0.2) is 0 Å². The molecule has 7 heteroatoms. The van der Waals surface area contributed by atoms with E-state index in [9.17, 15) is 9.59 Å². The number of ether oxygens (including phenoxy) is 3. The molecule has 0 aromatic heterocycles. The molecule has 7 nitrogen and oxygen atoms in total. The Morgan fingerprint density at radius 2 is 1.52 bits per heavy atom. The third-order valence-corrected chi connectivity index (χ3v) is 4.67. The topological polar surface area (TPSA) is 68.3 Å². The molecule has 0 bridgehead atoms. The molecule has 0 unspecified atom stereocenters. The third kappa shape index (κ3) is 5.36. The van der Waals surface area contributed by atoms with Crippen LogP contribution >= 0.6 is 0 Å². The predicted octanol–water partition coefficient (Wildman–Crippen LogP) is 2.56. The average molecular weight is 405 g/mol. The van der Waals surface area contributed by atoms with E-state index in [4.69, 9.17) is 14.2 Å². The van der Waals surface area contributed by atoms with Gasteiger partial charge in [0.1, 0.15) is 11.4 Å². The van der Waals surface area contributed by atoms with Crippen LogP contribution in [0.1, 0.15) is 32.8 Å². The van der Waals surface area contributed by atoms with Crippen molar-refractivity contribution in [3.8, 4) is 5.75 Å². The number of hydrogen-bond acceptors (Lipinski definition) is 6. The maximum absolute atomic E-state index is 13.2. The Labute approximate surface area is 173 Å². The van der Waals surface area contributed by atoms with E-state index in [0.717, 1.165) is 12.2 Å². The van der Waals surface area contributed by atoms with Crippen LogP contribution < -0.4 is 4.74 Å². The molecule has 1 aliphatic rings. The molecule has 0 aliphatic carbocycles. The Bertz CT molecular complexity index is 719. The number of benzene rings is 1. The smallest absolute Gasteiger partial charge is 0.278 e. The van der Waals surface area contributed by atoms with Crippen LogP contribution in [0.2, 0.25) is 0 Å². The molecule has 1 aliphatic heterocycles. The largest absolute Gasteiger partial charge is 0.494 e. The minimum Gasteiger partial charge on any atom is -0.494 e. The summed E-state index contributed by atoms with van der Waals surface area (Å²) in [6, 6.07) is 7.10. The highest BCUT2D eigenvalue weighted by Crippen LogP contribution is 2.33. The normalized spacial score (nSPS) is 14.3. The van der Waals surface area contributed by atoms with E-state index in [1.165, 1.54) is 4.90 Å². The van der Waals surface area contributed by atoms with Gasteiger partial charge < -0.3 is 19.1 Å². The van der Waals surface area contributed by atoms with Crippen LogP contribution in [0.25, 0.3) is 5.57 Å². The number of hydrogen-bond donors (Lipinski definition) is 0. The van der Waals surface area contributed by atoms with Crippen LogP contribution in [-0.4, -0.2) is 74.8 Å². The van der Waals surface area contributed by atoms with E-state index >= 15 is 0 Å². The molecular weight excluding hydrogens is 372 g/mol. The van der Waals surface area contributed by atoms with Crippen molar-refractivity contribution < 1.29 is 23.8 Å². The molecule has 1 heterocycles. The molecule has 0 fully saturated rings. The van der Waals surface area contributed by atoms with E-state index in [1.807, 2.05) is 49.9 Å². The summed E-state index contributed by atoms with van der Waals surface area (Å²) in [5, 5.41) is 0. The van der Waals surface area contributed by atoms with Crippen molar-refractivity contribution in [2.24, 2.45) is 0 Å². The van der Waals surface area contributed by atoms with Crippen molar-refractivity contribution in [1.82, 2.24) is 9.80 Å². The molecule has 1 aromatic rings. The quantitative estimate of drug-likeness (QED) is 0.499. The molecule has 160 valence electrons. The van der Waals surface area contributed by atoms with Crippen molar-refractivity contribution in [2.75, 3.05) is 47.1 Å². The highest BCUT2D eigenvalue weighted by atomic mass is 16.5. The summed E-state index contributed by atoms with van der Waals surface area (Å²) in [5.74, 6) is 0.187. The first kappa shape index (κ1) is 22.9. The molecule has 2 amide bonds. The van der Waals surface area contributed by atoms with Gasteiger partial charge in [-0.05, 0) is 38.0 Å². The number of amides is 2. The highest BCUT2D eigenvalue weighted by molar-refractivity contribution is 6.35. The van der Waals surface area contributed by atoms with Gasteiger partial charge in [0, 0.05) is 33.4 Å². The Balaban J connectivity index is 2.48. The van der Waals surface area contributed by atoms with Crippen molar-refractivity contribution in [3.63, 3.8) is 0 Å². The standard InChI is InChI=1S/C22H32N2O5/c1-6-13-29-18-9-7-17(8-10-18)19-20(22(26)24(16(2)3)21(19)25)23(11-14-27-4)12-15-28-5/h7-10,16H,6,11-15H2,1-5H3. The summed E-state index contributed by atoms with van der Waals surface area (Å²) in [4.78, 5) is 29.6. The molecule has 2 rings (SSSR count). The minimum atomic E-state index is -0.279. The van der Waals surface area contributed by atoms with Gasteiger partial charge in [-0.1, -0.05) is 19.1 Å². The molecule has 0 spiro atoms. The molecule has 0 saturated carbocycles. The number of nitrogens with zero attached hydrogens (tertiary/aromatic N) is 2. The first-order valence-corrected chi connectivity index (χ1v) is 10.0. The molecule has 0 atom stereocenters. The zero-order valence-electron chi connectivity index (χ0n) is 18.1. The highest BCUT2D eigenvalue weighted by Gasteiger charge is 2.42. The summed E-state index contributed by atoms with van der Waals surface area (Å²) in [6.07, 6.45) is 0.918. The fourth-order valence-corrected chi connectivity index (χ4v) is 3.23. The summed E-state index contributed by atoms with van der Waals surface area (Å²) in [7, 11) is 3.22. The first-order valence-electron chi connectivity index (χ1n) is 10.0. The number of carbonyl (C=O) groups is 2. The summed E-state index contributed by atoms with van der Waals surface area (Å²) < 4.78 is 16.1. The molecule has 0 N–H and O–H groups in total. The van der Waals surface area contributed by atoms with Crippen molar-refractivity contribution in [3.05, 3.63) is 35.5 Å². The zero-order valence-corrected chi connectivity index (χ0v) is 18.1. The van der Waals surface area contributed by atoms with Crippen LogP contribution in [0.5, 0.6) is 5.75 Å². The van der Waals surface area contributed by atoms with Crippen molar-refractivity contribution in [2.45, 2.75) is 33.2 Å². The van der Waals surface area contributed by atoms with Crippen LogP contribution in [0.3, 0.4) is 0 Å². The first-order chi connectivity index (χ1) is 14.0.